The molecule has 1 N–H and O–H groups in total. The number of carbonyl (C=O) groups excluding carboxylic acids is 1. The third kappa shape index (κ3) is 2.90. The maximum absolute atomic E-state index is 12.9. The number of Topliss-reactive ketones (excluding diaryl/α,β-unsaturated/α-hetero) is 1. The first-order chi connectivity index (χ1) is 10.2. The molecule has 3 heteroatoms. The largest absolute Gasteiger partial charge is 0.373 e. The summed E-state index contributed by atoms with van der Waals surface area (Å²) in [5, 5.41) is 3.37. The number of hydrogen-bond donors (Lipinski definition) is 1. The van der Waals surface area contributed by atoms with Gasteiger partial charge in [-0.05, 0) is 36.9 Å². The van der Waals surface area contributed by atoms with E-state index in [9.17, 15) is 4.79 Å². The van der Waals surface area contributed by atoms with E-state index < -0.39 is 0 Å². The molecule has 2 aliphatic rings. The van der Waals surface area contributed by atoms with Crippen molar-refractivity contribution in [3.05, 3.63) is 35.4 Å². The van der Waals surface area contributed by atoms with Crippen molar-refractivity contribution in [1.29, 1.82) is 0 Å². The van der Waals surface area contributed by atoms with Crippen LogP contribution in [0.25, 0.3) is 0 Å². The topological polar surface area (TPSA) is 38.3 Å². The Morgan fingerprint density at radius 1 is 1.43 bits per heavy atom. The van der Waals surface area contributed by atoms with Crippen molar-refractivity contribution in [2.45, 2.75) is 45.1 Å². The SMILES string of the molecule is CCCC1(C(=O)CC2OCCc3ccccc32)CCNC1. The van der Waals surface area contributed by atoms with Crippen LogP contribution in [0.4, 0.5) is 0 Å². The van der Waals surface area contributed by atoms with Crippen molar-refractivity contribution in [1.82, 2.24) is 5.32 Å². The first kappa shape index (κ1) is 14.7. The summed E-state index contributed by atoms with van der Waals surface area (Å²) >= 11 is 0. The Hall–Kier alpha value is -1.19. The molecule has 1 aromatic rings. The van der Waals surface area contributed by atoms with Gasteiger partial charge in [0.05, 0.1) is 12.7 Å². The quantitative estimate of drug-likeness (QED) is 0.904. The highest BCUT2D eigenvalue weighted by Crippen LogP contribution is 2.37. The standard InChI is InChI=1S/C18H25NO2/c1-2-8-18(9-10-19-13-18)17(20)12-16-15-6-4-3-5-14(15)7-11-21-16/h3-6,16,19H,2,7-13H2,1H3. The van der Waals surface area contributed by atoms with Gasteiger partial charge in [-0.1, -0.05) is 37.6 Å². The first-order valence-corrected chi connectivity index (χ1v) is 8.18. The summed E-state index contributed by atoms with van der Waals surface area (Å²) in [5.74, 6) is 0.385. The summed E-state index contributed by atoms with van der Waals surface area (Å²) < 4.78 is 5.92. The molecule has 0 amide bonds. The molecule has 0 aliphatic carbocycles. The summed E-state index contributed by atoms with van der Waals surface area (Å²) in [5.41, 5.74) is 2.41. The molecule has 3 rings (SSSR count). The van der Waals surface area contributed by atoms with Gasteiger partial charge in [0.1, 0.15) is 5.78 Å². The van der Waals surface area contributed by atoms with Crippen LogP contribution in [0.1, 0.15) is 49.8 Å². The molecule has 114 valence electrons. The Morgan fingerprint density at radius 2 is 2.29 bits per heavy atom. The molecule has 2 heterocycles. The minimum absolute atomic E-state index is 0.0446. The summed E-state index contributed by atoms with van der Waals surface area (Å²) in [6.45, 7) is 4.70. The van der Waals surface area contributed by atoms with Crippen LogP contribution in [-0.2, 0) is 16.0 Å². The summed E-state index contributed by atoms with van der Waals surface area (Å²) in [4.78, 5) is 12.9. The molecule has 1 saturated heterocycles. The number of fused-ring (bicyclic) bond motifs is 1. The Labute approximate surface area is 127 Å². The van der Waals surface area contributed by atoms with E-state index in [2.05, 4.69) is 30.4 Å². The number of benzene rings is 1. The van der Waals surface area contributed by atoms with E-state index >= 15 is 0 Å². The van der Waals surface area contributed by atoms with Crippen LogP contribution in [0.2, 0.25) is 0 Å². The smallest absolute Gasteiger partial charge is 0.143 e. The van der Waals surface area contributed by atoms with Crippen LogP contribution in [0, 0.1) is 5.41 Å². The zero-order valence-corrected chi connectivity index (χ0v) is 12.9. The number of hydrogen-bond acceptors (Lipinski definition) is 3. The molecule has 2 atom stereocenters. The molecule has 0 spiro atoms. The number of ketones is 1. The zero-order valence-electron chi connectivity index (χ0n) is 12.9. The van der Waals surface area contributed by atoms with Crippen molar-refractivity contribution in [2.24, 2.45) is 5.41 Å². The number of nitrogens with one attached hydrogen (secondary N) is 1. The van der Waals surface area contributed by atoms with Crippen molar-refractivity contribution >= 4 is 5.78 Å². The lowest BCUT2D eigenvalue weighted by atomic mass is 9.76. The van der Waals surface area contributed by atoms with E-state index in [1.54, 1.807) is 0 Å². The fourth-order valence-electron chi connectivity index (χ4n) is 3.84. The van der Waals surface area contributed by atoms with Gasteiger partial charge in [0.2, 0.25) is 0 Å². The summed E-state index contributed by atoms with van der Waals surface area (Å²) in [6, 6.07) is 8.40. The Bertz CT molecular complexity index is 506. The van der Waals surface area contributed by atoms with Crippen LogP contribution >= 0.6 is 0 Å². The minimum Gasteiger partial charge on any atom is -0.373 e. The van der Waals surface area contributed by atoms with E-state index in [-0.39, 0.29) is 11.5 Å². The van der Waals surface area contributed by atoms with Crippen molar-refractivity contribution in [2.75, 3.05) is 19.7 Å². The van der Waals surface area contributed by atoms with Gasteiger partial charge in [-0.3, -0.25) is 4.79 Å². The molecule has 1 fully saturated rings. The van der Waals surface area contributed by atoms with Gasteiger partial charge in [-0.25, -0.2) is 0 Å². The molecule has 0 aromatic heterocycles. The third-order valence-corrected chi connectivity index (χ3v) is 5.03. The Morgan fingerprint density at radius 3 is 3.05 bits per heavy atom. The predicted molar refractivity (Wildman–Crippen MR) is 83.3 cm³/mol. The molecule has 2 unspecified atom stereocenters. The lowest BCUT2D eigenvalue weighted by molar-refractivity contribution is -0.131. The van der Waals surface area contributed by atoms with Crippen molar-refractivity contribution in [3.8, 4) is 0 Å². The molecule has 0 bridgehead atoms. The predicted octanol–water partition coefficient (Wildman–Crippen LogP) is 3.04. The van der Waals surface area contributed by atoms with Gasteiger partial charge in [0, 0.05) is 18.4 Å². The molecule has 2 aliphatic heterocycles. The summed E-state index contributed by atoms with van der Waals surface area (Å²) in [6.07, 6.45) is 4.48. The van der Waals surface area contributed by atoms with Gasteiger partial charge >= 0.3 is 0 Å². The summed E-state index contributed by atoms with van der Waals surface area (Å²) in [7, 11) is 0. The maximum Gasteiger partial charge on any atom is 0.143 e. The highest BCUT2D eigenvalue weighted by atomic mass is 16.5. The van der Waals surface area contributed by atoms with Crippen LogP contribution in [0.5, 0.6) is 0 Å². The lowest BCUT2D eigenvalue weighted by Crippen LogP contribution is -2.35. The molecule has 1 aromatic carbocycles. The van der Waals surface area contributed by atoms with Crippen LogP contribution in [-0.4, -0.2) is 25.5 Å². The highest BCUT2D eigenvalue weighted by molar-refractivity contribution is 5.86. The fourth-order valence-corrected chi connectivity index (χ4v) is 3.84. The normalized spacial score (nSPS) is 28.3. The highest BCUT2D eigenvalue weighted by Gasteiger charge is 2.41. The Kier molecular flexibility index (Phi) is 4.41. The van der Waals surface area contributed by atoms with E-state index in [1.165, 1.54) is 11.1 Å². The maximum atomic E-state index is 12.9. The second-order valence-electron chi connectivity index (χ2n) is 6.39. The van der Waals surface area contributed by atoms with Crippen LogP contribution < -0.4 is 5.32 Å². The van der Waals surface area contributed by atoms with E-state index in [0.29, 0.717) is 12.2 Å². The fraction of sp³-hybridized carbons (Fsp3) is 0.611. The number of rotatable bonds is 5. The molecule has 0 saturated carbocycles. The number of carbonyl (C=O) groups is 1. The number of ether oxygens (including phenoxy) is 1. The van der Waals surface area contributed by atoms with E-state index in [4.69, 9.17) is 4.74 Å². The molecule has 3 nitrogen and oxygen atoms in total. The first-order valence-electron chi connectivity index (χ1n) is 8.18. The van der Waals surface area contributed by atoms with Crippen molar-refractivity contribution < 1.29 is 9.53 Å². The van der Waals surface area contributed by atoms with Crippen LogP contribution in [0.3, 0.4) is 0 Å². The van der Waals surface area contributed by atoms with Gasteiger partial charge in [0.25, 0.3) is 0 Å². The second kappa shape index (κ2) is 6.29. The average molecular weight is 287 g/mol. The van der Waals surface area contributed by atoms with Gasteiger partial charge in [-0.15, -0.1) is 0 Å². The lowest BCUT2D eigenvalue weighted by Gasteiger charge is -2.31. The van der Waals surface area contributed by atoms with Gasteiger partial charge < -0.3 is 10.1 Å². The van der Waals surface area contributed by atoms with Gasteiger partial charge in [0.15, 0.2) is 0 Å². The molecule has 21 heavy (non-hydrogen) atoms. The van der Waals surface area contributed by atoms with Crippen molar-refractivity contribution in [3.63, 3.8) is 0 Å². The van der Waals surface area contributed by atoms with E-state index in [1.807, 2.05) is 6.07 Å². The second-order valence-corrected chi connectivity index (χ2v) is 6.39. The zero-order chi connectivity index (χ0) is 14.7. The Balaban J connectivity index is 1.76. The molecular weight excluding hydrogens is 262 g/mol. The third-order valence-electron chi connectivity index (χ3n) is 5.03. The monoisotopic (exact) mass is 287 g/mol. The minimum atomic E-state index is -0.148. The molecule has 0 radical (unpaired) electrons. The van der Waals surface area contributed by atoms with E-state index in [0.717, 1.165) is 45.4 Å². The van der Waals surface area contributed by atoms with Crippen LogP contribution in [0.15, 0.2) is 24.3 Å². The average Bonchev–Trinajstić information content (AvgIpc) is 2.98. The van der Waals surface area contributed by atoms with Gasteiger partial charge in [-0.2, -0.15) is 0 Å². The molecular formula is C18H25NO2.